The molecule has 13 heavy (non-hydrogen) atoms. The number of nitrogens with zero attached hydrogens (tertiary/aromatic N) is 1. The van der Waals surface area contributed by atoms with Crippen LogP contribution < -0.4 is 0 Å². The van der Waals surface area contributed by atoms with Gasteiger partial charge in [0.05, 0.1) is 6.07 Å². The molecule has 6 heteroatoms. The summed E-state index contributed by atoms with van der Waals surface area (Å²) in [6.07, 6.45) is 1.18. The second kappa shape index (κ2) is 3370. The van der Waals surface area contributed by atoms with Gasteiger partial charge in [-0.2, -0.15) is 5.26 Å². The number of nitriles is 1. The van der Waals surface area contributed by atoms with Gasteiger partial charge in [-0.25, -0.2) is 0 Å². The molecule has 0 saturated carbocycles. The molecule has 0 aliphatic heterocycles. The van der Waals surface area contributed by atoms with Crippen LogP contribution in [0, 0.1) is 11.3 Å². The van der Waals surface area contributed by atoms with Crippen LogP contribution in [0.4, 0.5) is 0 Å². The molecule has 0 aliphatic rings. The van der Waals surface area contributed by atoms with Crippen molar-refractivity contribution in [2.75, 3.05) is 0 Å². The Morgan fingerprint density at radius 1 is 0.846 bits per heavy atom. The maximum Gasteiger partial charge on any atom is 0.106 e. The Balaban J connectivity index is -0.0000000122. The van der Waals surface area contributed by atoms with Crippen LogP contribution in [-0.2, 0) is 38.7 Å². The predicted octanol–water partition coefficient (Wildman–Crippen LogP) is -0.0461. The minimum atomic E-state index is 0. The van der Waals surface area contributed by atoms with Crippen LogP contribution in [-0.4, -0.2) is 27.2 Å². The van der Waals surface area contributed by atoms with Gasteiger partial charge < -0.3 is 19.2 Å². The van der Waals surface area contributed by atoms with Crippen LogP contribution >= 0.6 is 0 Å². The fraction of sp³-hybridized carbons (Fsp3) is 0. The van der Waals surface area contributed by atoms with Gasteiger partial charge in [0.15, 0.2) is 0 Å². The number of hydrogen-bond acceptors (Lipinski definition) is 5. The van der Waals surface area contributed by atoms with E-state index in [9.17, 15) is 0 Å². The number of carbonyl (C=O) groups is 4. The summed E-state index contributed by atoms with van der Waals surface area (Å²) in [5.74, 6) is 0. The third-order valence-corrected chi connectivity index (χ3v) is 0.0913. The molecule has 76 valence electrons. The van der Waals surface area contributed by atoms with Gasteiger partial charge in [-0.05, 0) is 0 Å². The monoisotopic (exact) mass is 275 g/mol. The Morgan fingerprint density at radius 3 is 0.923 bits per heavy atom. The van der Waals surface area contributed by atoms with Crippen molar-refractivity contribution in [3.05, 3.63) is 12.7 Å². The zero-order valence-electron chi connectivity index (χ0n) is 7.05. The van der Waals surface area contributed by atoms with Crippen molar-refractivity contribution in [1.29, 1.82) is 5.26 Å². The SMILES string of the molecule is C=CC#N.C=O.C=O.C=O.C=O.[Ru]. The quantitative estimate of drug-likeness (QED) is 0.456. The van der Waals surface area contributed by atoms with E-state index < -0.39 is 0 Å². The van der Waals surface area contributed by atoms with E-state index in [0.717, 1.165) is 0 Å². The van der Waals surface area contributed by atoms with Crippen molar-refractivity contribution >= 4 is 27.2 Å². The Morgan fingerprint density at radius 2 is 0.923 bits per heavy atom. The normalized spacial score (nSPS) is 2.38. The maximum atomic E-state index is 8.00. The zero-order chi connectivity index (χ0) is 11.4. The zero-order valence-corrected chi connectivity index (χ0v) is 8.78. The second-order valence-corrected chi connectivity index (χ2v) is 0.333. The van der Waals surface area contributed by atoms with Crippen molar-refractivity contribution < 1.29 is 38.7 Å². The summed E-state index contributed by atoms with van der Waals surface area (Å²) in [5, 5.41) is 7.51. The third-order valence-electron chi connectivity index (χ3n) is 0.0913. The number of hydrogen-bond donors (Lipinski definition) is 0. The molecule has 0 bridgehead atoms. The summed E-state index contributed by atoms with van der Waals surface area (Å²) in [4.78, 5) is 32.0. The Bertz CT molecular complexity index is 97.2. The topological polar surface area (TPSA) is 92.1 Å². The first kappa shape index (κ1) is 41.8. The first-order chi connectivity index (χ1) is 5.91. The molecule has 0 aromatic heterocycles. The fourth-order valence-electron chi connectivity index (χ4n) is 0. The molecule has 0 fully saturated rings. The molecular weight excluding hydrogens is 263 g/mol. The first-order valence-electron chi connectivity index (χ1n) is 2.08. The van der Waals surface area contributed by atoms with Gasteiger partial charge in [0, 0.05) is 25.6 Å². The van der Waals surface area contributed by atoms with E-state index in [-0.39, 0.29) is 19.5 Å². The number of rotatable bonds is 0. The summed E-state index contributed by atoms with van der Waals surface area (Å²) < 4.78 is 0. The van der Waals surface area contributed by atoms with E-state index in [1.165, 1.54) is 6.08 Å². The van der Waals surface area contributed by atoms with Gasteiger partial charge in [0.1, 0.15) is 27.2 Å². The molecule has 0 N–H and O–H groups in total. The van der Waals surface area contributed by atoms with E-state index in [0.29, 0.717) is 0 Å². The molecule has 0 atom stereocenters. The van der Waals surface area contributed by atoms with Gasteiger partial charge in [-0.15, -0.1) is 0 Å². The molecule has 0 aromatic carbocycles. The van der Waals surface area contributed by atoms with Crippen LogP contribution in [0.3, 0.4) is 0 Å². The molecular formula is C7H11NO4Ru. The third kappa shape index (κ3) is 3520. The molecule has 0 rings (SSSR count). The molecule has 5 nitrogen and oxygen atoms in total. The largest absolute Gasteiger partial charge is 0.307 e. The molecule has 0 aliphatic carbocycles. The van der Waals surface area contributed by atoms with Crippen molar-refractivity contribution in [2.24, 2.45) is 0 Å². The van der Waals surface area contributed by atoms with E-state index in [1.54, 1.807) is 6.07 Å². The van der Waals surface area contributed by atoms with Gasteiger partial charge >= 0.3 is 0 Å². The summed E-state index contributed by atoms with van der Waals surface area (Å²) >= 11 is 0. The molecule has 0 saturated heterocycles. The van der Waals surface area contributed by atoms with Crippen molar-refractivity contribution in [2.45, 2.75) is 0 Å². The minimum Gasteiger partial charge on any atom is -0.307 e. The smallest absolute Gasteiger partial charge is 0.106 e. The van der Waals surface area contributed by atoms with Crippen LogP contribution in [0.5, 0.6) is 0 Å². The summed E-state index contributed by atoms with van der Waals surface area (Å²) in [6, 6.07) is 1.69. The van der Waals surface area contributed by atoms with Crippen LogP contribution in [0.25, 0.3) is 0 Å². The Hall–Kier alpha value is -1.47. The van der Waals surface area contributed by atoms with E-state index in [4.69, 9.17) is 24.4 Å². The van der Waals surface area contributed by atoms with Gasteiger partial charge in [-0.3, -0.25) is 0 Å². The van der Waals surface area contributed by atoms with Crippen LogP contribution in [0.15, 0.2) is 12.7 Å². The minimum absolute atomic E-state index is 0. The summed E-state index contributed by atoms with van der Waals surface area (Å²) in [5.41, 5.74) is 0. The summed E-state index contributed by atoms with van der Waals surface area (Å²) in [6.45, 7) is 11.1. The Labute approximate surface area is 90.2 Å². The second-order valence-electron chi connectivity index (χ2n) is 0.333. The molecule has 0 unspecified atom stereocenters. The molecule has 0 heterocycles. The predicted molar refractivity (Wildman–Crippen MR) is 44.3 cm³/mol. The molecule has 0 amide bonds. The molecule has 0 spiro atoms. The van der Waals surface area contributed by atoms with Gasteiger partial charge in [0.25, 0.3) is 0 Å². The fourth-order valence-corrected chi connectivity index (χ4v) is 0. The number of carbonyl (C=O) groups excluding carboxylic acids is 4. The number of allylic oxidation sites excluding steroid dienone is 1. The summed E-state index contributed by atoms with van der Waals surface area (Å²) in [7, 11) is 0. The maximum absolute atomic E-state index is 8.00. The van der Waals surface area contributed by atoms with E-state index >= 15 is 0 Å². The van der Waals surface area contributed by atoms with Gasteiger partial charge in [0.2, 0.25) is 0 Å². The van der Waals surface area contributed by atoms with Crippen molar-refractivity contribution in [1.82, 2.24) is 0 Å². The standard InChI is InChI=1S/C3H3N.4CH2O.Ru/c1-2-3-4;4*1-2;/h2H,1H2;4*1H2;. The molecule has 0 radical (unpaired) electrons. The average Bonchev–Trinajstić information content (AvgIpc) is 2.29. The first-order valence-corrected chi connectivity index (χ1v) is 2.08. The van der Waals surface area contributed by atoms with E-state index in [1.807, 2.05) is 27.2 Å². The van der Waals surface area contributed by atoms with Crippen LogP contribution in [0.1, 0.15) is 0 Å². The van der Waals surface area contributed by atoms with Crippen molar-refractivity contribution in [3.63, 3.8) is 0 Å². The Kier molecular flexibility index (Phi) is 10800. The molecule has 0 aromatic rings. The van der Waals surface area contributed by atoms with Gasteiger partial charge in [-0.1, -0.05) is 6.58 Å². The average molecular weight is 274 g/mol. The van der Waals surface area contributed by atoms with E-state index in [2.05, 4.69) is 6.58 Å². The van der Waals surface area contributed by atoms with Crippen LogP contribution in [0.2, 0.25) is 0 Å². The van der Waals surface area contributed by atoms with Crippen molar-refractivity contribution in [3.8, 4) is 6.07 Å².